The number of carbonyl (C=O) groups excluding carboxylic acids is 6. The number of nitrogens with zero attached hydrogens (tertiary/aromatic N) is 1. The van der Waals surface area contributed by atoms with Crippen LogP contribution < -0.4 is 31.3 Å². The van der Waals surface area contributed by atoms with Gasteiger partial charge in [0.05, 0.1) is 6.54 Å². The van der Waals surface area contributed by atoms with Crippen LogP contribution in [-0.4, -0.2) is 90.3 Å². The van der Waals surface area contributed by atoms with E-state index in [1.807, 2.05) is 25.1 Å². The van der Waals surface area contributed by atoms with E-state index in [1.165, 1.54) is 18.7 Å². The molecule has 0 aliphatic rings. The third-order valence-corrected chi connectivity index (χ3v) is 8.90. The van der Waals surface area contributed by atoms with E-state index in [-0.39, 0.29) is 42.0 Å². The van der Waals surface area contributed by atoms with Gasteiger partial charge in [0.25, 0.3) is 0 Å². The number of benzene rings is 1. The zero-order valence-corrected chi connectivity index (χ0v) is 38.5. The van der Waals surface area contributed by atoms with E-state index in [0.29, 0.717) is 68.9 Å². The van der Waals surface area contributed by atoms with Gasteiger partial charge in [0.15, 0.2) is 5.12 Å². The fourth-order valence-corrected chi connectivity index (χ4v) is 5.94. The van der Waals surface area contributed by atoms with Crippen LogP contribution in [0.15, 0.2) is 23.2 Å². The summed E-state index contributed by atoms with van der Waals surface area (Å²) in [4.78, 5) is 78.4. The van der Waals surface area contributed by atoms with Gasteiger partial charge in [0.2, 0.25) is 17.8 Å². The molecule has 0 radical (unpaired) electrons. The van der Waals surface area contributed by atoms with Crippen molar-refractivity contribution in [2.75, 3.05) is 26.2 Å². The maximum Gasteiger partial charge on any atom is 0.437 e. The summed E-state index contributed by atoms with van der Waals surface area (Å²) in [6.45, 7) is 19.9. The number of aliphatic imine (C=N–C) groups is 1. The second-order valence-corrected chi connectivity index (χ2v) is 18.4. The van der Waals surface area contributed by atoms with Crippen molar-refractivity contribution >= 4 is 65.6 Å². The predicted molar refractivity (Wildman–Crippen MR) is 234 cm³/mol. The summed E-state index contributed by atoms with van der Waals surface area (Å²) >= 11 is 5.58. The minimum atomic E-state index is -0.870. The molecule has 0 aromatic heterocycles. The second-order valence-electron chi connectivity index (χ2n) is 16.9. The quantitative estimate of drug-likeness (QED) is 0.0263. The van der Waals surface area contributed by atoms with Crippen LogP contribution in [0.1, 0.15) is 126 Å². The van der Waals surface area contributed by atoms with Crippen molar-refractivity contribution in [3.63, 3.8) is 0 Å². The first-order valence-electron chi connectivity index (χ1n) is 20.0. The average molecular weight is 869 g/mol. The Morgan fingerprint density at radius 3 is 1.90 bits per heavy atom. The molecular formula is C41H68N6O10S2. The molecule has 59 heavy (non-hydrogen) atoms. The molecule has 0 heterocycles. The average Bonchev–Trinajstić information content (AvgIpc) is 3.08. The van der Waals surface area contributed by atoms with Gasteiger partial charge in [0, 0.05) is 37.4 Å². The van der Waals surface area contributed by atoms with Crippen LogP contribution >= 0.6 is 24.4 Å². The zero-order chi connectivity index (χ0) is 44.8. The van der Waals surface area contributed by atoms with E-state index < -0.39 is 41.1 Å². The Morgan fingerprint density at radius 2 is 1.31 bits per heavy atom. The Labute approximate surface area is 360 Å². The number of nitrogens with one attached hydrogen (secondary N) is 5. The molecule has 1 aromatic rings. The zero-order valence-electron chi connectivity index (χ0n) is 36.8. The molecule has 0 bridgehead atoms. The topological polar surface area (TPSA) is 212 Å². The van der Waals surface area contributed by atoms with Crippen molar-refractivity contribution in [3.8, 4) is 5.75 Å². The number of unbranched alkanes of at least 4 members (excludes halogenated alkanes) is 2. The summed E-state index contributed by atoms with van der Waals surface area (Å²) in [6.07, 6.45) is 0.954. The number of ether oxygens (including phenoxy) is 4. The molecule has 0 aliphatic carbocycles. The summed E-state index contributed by atoms with van der Waals surface area (Å²) in [5.41, 5.74) is -0.315. The van der Waals surface area contributed by atoms with E-state index in [2.05, 4.69) is 44.2 Å². The van der Waals surface area contributed by atoms with Crippen LogP contribution in [0, 0.1) is 5.92 Å². The lowest BCUT2D eigenvalue weighted by Crippen LogP contribution is -2.48. The number of alkyl carbamates (subject to hydrolysis) is 2. The van der Waals surface area contributed by atoms with Crippen molar-refractivity contribution in [2.45, 2.75) is 149 Å². The molecular weight excluding hydrogens is 801 g/mol. The Morgan fingerprint density at radius 1 is 0.729 bits per heavy atom. The summed E-state index contributed by atoms with van der Waals surface area (Å²) < 4.78 is 21.7. The van der Waals surface area contributed by atoms with Crippen molar-refractivity contribution in [2.24, 2.45) is 10.9 Å². The molecule has 0 saturated heterocycles. The lowest BCUT2D eigenvalue weighted by Gasteiger charge is -2.23. The minimum absolute atomic E-state index is 0.0189. The van der Waals surface area contributed by atoms with Crippen molar-refractivity contribution < 1.29 is 47.7 Å². The molecule has 16 nitrogen and oxygen atoms in total. The normalized spacial score (nSPS) is 13.0. The molecule has 5 N–H and O–H groups in total. The van der Waals surface area contributed by atoms with Crippen LogP contribution in [0.2, 0.25) is 0 Å². The van der Waals surface area contributed by atoms with Gasteiger partial charge >= 0.3 is 18.3 Å². The highest BCUT2D eigenvalue weighted by molar-refractivity contribution is 8.12. The largest absolute Gasteiger partial charge is 0.492 e. The standard InChI is InChI=1S/C41H68N6O10S2/c1-27(16-12-14-21-44-35(46-37(52)56-40(6,7)8)47-38(53)57-41(9,10)11)33(49)42-20-15-13-17-32(45-36(51)55-39(3,4)5)34(50)43-22-23-54-31-19-18-29(25-58)30(24-31)26-59-28(2)48/h18-19,24,27,32,58H,12-17,20-23,25-26H2,1-11H3,(H,42,49)(H,43,50)(H,45,51)(H2,44,46,47,52,53)/t27-,32-/m0/s1. The van der Waals surface area contributed by atoms with E-state index in [4.69, 9.17) is 18.9 Å². The van der Waals surface area contributed by atoms with E-state index in [0.717, 1.165) is 11.1 Å². The van der Waals surface area contributed by atoms with E-state index in [1.54, 1.807) is 62.3 Å². The summed E-state index contributed by atoms with van der Waals surface area (Å²) in [5, 5.41) is 13.8. The number of amides is 5. The molecule has 0 spiro atoms. The van der Waals surface area contributed by atoms with Crippen LogP contribution in [0.5, 0.6) is 5.75 Å². The smallest absolute Gasteiger partial charge is 0.437 e. The first kappa shape index (κ1) is 52.8. The van der Waals surface area contributed by atoms with Gasteiger partial charge in [-0.05, 0) is 118 Å². The van der Waals surface area contributed by atoms with E-state index >= 15 is 0 Å². The number of thiol groups is 1. The molecule has 1 aromatic carbocycles. The van der Waals surface area contributed by atoms with Gasteiger partial charge in [0.1, 0.15) is 35.2 Å². The maximum absolute atomic E-state index is 13.2. The second kappa shape index (κ2) is 26.1. The fraction of sp³-hybridized carbons (Fsp3) is 0.683. The molecule has 2 atom stereocenters. The minimum Gasteiger partial charge on any atom is -0.492 e. The van der Waals surface area contributed by atoms with Crippen LogP contribution in [-0.2, 0) is 40.1 Å². The highest BCUT2D eigenvalue weighted by Gasteiger charge is 2.25. The van der Waals surface area contributed by atoms with Crippen molar-refractivity contribution in [3.05, 3.63) is 29.3 Å². The van der Waals surface area contributed by atoms with Gasteiger partial charge in [-0.1, -0.05) is 31.2 Å². The number of thioether (sulfide) groups is 1. The lowest BCUT2D eigenvalue weighted by molar-refractivity contribution is -0.125. The molecule has 0 aliphatic heterocycles. The van der Waals surface area contributed by atoms with Gasteiger partial charge < -0.3 is 40.2 Å². The summed E-state index contributed by atoms with van der Waals surface area (Å²) in [5.74, 6) is 0.769. The number of rotatable bonds is 20. The Kier molecular flexibility index (Phi) is 23.4. The van der Waals surface area contributed by atoms with Crippen LogP contribution in [0.25, 0.3) is 0 Å². The summed E-state index contributed by atoms with van der Waals surface area (Å²) in [6, 6.07) is 4.72. The van der Waals surface area contributed by atoms with Crippen LogP contribution in [0.3, 0.4) is 0 Å². The van der Waals surface area contributed by atoms with Gasteiger partial charge in [-0.25, -0.2) is 14.4 Å². The Hall–Kier alpha value is -4.19. The monoisotopic (exact) mass is 868 g/mol. The molecule has 334 valence electrons. The lowest BCUT2D eigenvalue weighted by atomic mass is 10.0. The van der Waals surface area contributed by atoms with Crippen LogP contribution in [0.4, 0.5) is 14.4 Å². The molecule has 0 fully saturated rings. The Bertz CT molecular complexity index is 1570. The van der Waals surface area contributed by atoms with Crippen molar-refractivity contribution in [1.82, 2.24) is 26.6 Å². The highest BCUT2D eigenvalue weighted by Crippen LogP contribution is 2.24. The third kappa shape index (κ3) is 26.5. The molecule has 0 saturated carbocycles. The first-order valence-corrected chi connectivity index (χ1v) is 21.6. The molecule has 1 rings (SSSR count). The van der Waals surface area contributed by atoms with Gasteiger partial charge in [-0.15, -0.1) is 4.99 Å². The first-order chi connectivity index (χ1) is 27.4. The third-order valence-electron chi connectivity index (χ3n) is 7.70. The summed E-state index contributed by atoms with van der Waals surface area (Å²) in [7, 11) is 0. The number of hydrogen-bond acceptors (Lipinski definition) is 12. The predicted octanol–water partition coefficient (Wildman–Crippen LogP) is 6.78. The number of guanidine groups is 1. The molecule has 18 heteroatoms. The number of carbonyl (C=O) groups is 6. The maximum atomic E-state index is 13.2. The Balaban J connectivity index is 2.60. The van der Waals surface area contributed by atoms with Gasteiger partial charge in [-0.3, -0.25) is 19.7 Å². The SMILES string of the molecule is CC(=O)SCc1cc(OCCNC(=O)[C@H](CCCCNC(=O)[C@@H](C)CCCCN/C(=N\C(=O)OC(C)(C)C)NC(=O)OC(C)(C)C)NC(=O)OC(C)(C)C)ccc1CS. The molecule has 0 unspecified atom stereocenters. The highest BCUT2D eigenvalue weighted by atomic mass is 32.2. The van der Waals surface area contributed by atoms with Gasteiger partial charge in [-0.2, -0.15) is 12.6 Å². The fourth-order valence-electron chi connectivity index (χ4n) is 5.01. The number of hydrogen-bond donors (Lipinski definition) is 6. The molecule has 5 amide bonds. The van der Waals surface area contributed by atoms with Crippen molar-refractivity contribution in [1.29, 1.82) is 0 Å². The van der Waals surface area contributed by atoms with E-state index in [9.17, 15) is 28.8 Å².